The predicted molar refractivity (Wildman–Crippen MR) is 74.7 cm³/mol. The summed E-state index contributed by atoms with van der Waals surface area (Å²) in [4.78, 5) is 22.7. The highest BCUT2D eigenvalue weighted by atomic mass is 16.5. The third-order valence-electron chi connectivity index (χ3n) is 2.82. The second kappa shape index (κ2) is 6.04. The lowest BCUT2D eigenvalue weighted by Crippen LogP contribution is -2.09. The minimum atomic E-state index is -1.21. The molecule has 0 aliphatic heterocycles. The number of ether oxygens (including phenoxy) is 2. The van der Waals surface area contributed by atoms with Gasteiger partial charge in [0.2, 0.25) is 0 Å². The molecule has 114 valence electrons. The molecule has 7 heteroatoms. The first-order valence-corrected chi connectivity index (χ1v) is 6.08. The SMILES string of the molecule is COc1cc(C(=O)Oc2ccc(C(=O)O)cc2O)ccc1O. The monoisotopic (exact) mass is 304 g/mol. The molecule has 0 radical (unpaired) electrons. The van der Waals surface area contributed by atoms with Crippen molar-refractivity contribution in [2.24, 2.45) is 0 Å². The molecule has 2 rings (SSSR count). The van der Waals surface area contributed by atoms with Crippen LogP contribution in [-0.2, 0) is 0 Å². The molecule has 2 aromatic rings. The van der Waals surface area contributed by atoms with Gasteiger partial charge in [-0.1, -0.05) is 0 Å². The van der Waals surface area contributed by atoms with E-state index in [2.05, 4.69) is 0 Å². The van der Waals surface area contributed by atoms with Crippen LogP contribution < -0.4 is 9.47 Å². The molecule has 0 saturated heterocycles. The van der Waals surface area contributed by atoms with Crippen molar-refractivity contribution < 1.29 is 34.4 Å². The summed E-state index contributed by atoms with van der Waals surface area (Å²) >= 11 is 0. The molecule has 0 unspecified atom stereocenters. The number of hydrogen-bond acceptors (Lipinski definition) is 6. The molecule has 0 aliphatic rings. The van der Waals surface area contributed by atoms with Gasteiger partial charge >= 0.3 is 11.9 Å². The lowest BCUT2D eigenvalue weighted by atomic mass is 10.2. The van der Waals surface area contributed by atoms with E-state index in [4.69, 9.17) is 14.6 Å². The molecule has 3 N–H and O–H groups in total. The predicted octanol–water partition coefficient (Wildman–Crippen LogP) is 2.02. The molecule has 0 bridgehead atoms. The summed E-state index contributed by atoms with van der Waals surface area (Å²) in [6.07, 6.45) is 0. The number of phenols is 2. The average molecular weight is 304 g/mol. The summed E-state index contributed by atoms with van der Waals surface area (Å²) in [5, 5.41) is 27.9. The van der Waals surface area contributed by atoms with Gasteiger partial charge in [0.15, 0.2) is 23.0 Å². The molecule has 2 aromatic carbocycles. The van der Waals surface area contributed by atoms with Crippen molar-refractivity contribution in [1.29, 1.82) is 0 Å². The van der Waals surface area contributed by atoms with Crippen molar-refractivity contribution in [2.75, 3.05) is 7.11 Å². The summed E-state index contributed by atoms with van der Waals surface area (Å²) in [6, 6.07) is 7.21. The van der Waals surface area contributed by atoms with Crippen LogP contribution in [0.5, 0.6) is 23.0 Å². The fourth-order valence-electron chi connectivity index (χ4n) is 1.70. The maximum Gasteiger partial charge on any atom is 0.343 e. The van der Waals surface area contributed by atoms with Crippen molar-refractivity contribution >= 4 is 11.9 Å². The van der Waals surface area contributed by atoms with Gasteiger partial charge in [0, 0.05) is 0 Å². The van der Waals surface area contributed by atoms with Crippen LogP contribution in [0.25, 0.3) is 0 Å². The first-order chi connectivity index (χ1) is 10.4. The Morgan fingerprint density at radius 3 is 2.18 bits per heavy atom. The second-order valence-electron chi connectivity index (χ2n) is 4.26. The van der Waals surface area contributed by atoms with E-state index in [9.17, 15) is 19.8 Å². The van der Waals surface area contributed by atoms with E-state index >= 15 is 0 Å². The van der Waals surface area contributed by atoms with Crippen molar-refractivity contribution in [1.82, 2.24) is 0 Å². The van der Waals surface area contributed by atoms with Crippen LogP contribution in [0, 0.1) is 0 Å². The smallest absolute Gasteiger partial charge is 0.343 e. The third kappa shape index (κ3) is 3.09. The van der Waals surface area contributed by atoms with Gasteiger partial charge in [-0.2, -0.15) is 0 Å². The van der Waals surface area contributed by atoms with Gasteiger partial charge in [0.25, 0.3) is 0 Å². The van der Waals surface area contributed by atoms with Gasteiger partial charge in [-0.3, -0.25) is 0 Å². The lowest BCUT2D eigenvalue weighted by molar-refractivity contribution is 0.0696. The standard InChI is InChI=1S/C15H12O7/c1-21-13-7-9(2-4-10(13)16)15(20)22-12-5-3-8(14(18)19)6-11(12)17/h2-7,16-17H,1H3,(H,18,19). The molecule has 7 nitrogen and oxygen atoms in total. The minimum absolute atomic E-state index is 0.0939. The Morgan fingerprint density at radius 1 is 0.909 bits per heavy atom. The van der Waals surface area contributed by atoms with Crippen LogP contribution in [-0.4, -0.2) is 34.4 Å². The summed E-state index contributed by atoms with van der Waals surface area (Å²) in [5.74, 6) is -2.69. The van der Waals surface area contributed by atoms with Crippen molar-refractivity contribution in [3.8, 4) is 23.0 Å². The number of methoxy groups -OCH3 is 1. The maximum atomic E-state index is 12.0. The van der Waals surface area contributed by atoms with Gasteiger partial charge in [-0.25, -0.2) is 9.59 Å². The minimum Gasteiger partial charge on any atom is -0.504 e. The van der Waals surface area contributed by atoms with E-state index in [0.717, 1.165) is 6.07 Å². The number of benzene rings is 2. The van der Waals surface area contributed by atoms with E-state index in [0.29, 0.717) is 0 Å². The Hall–Kier alpha value is -3.22. The van der Waals surface area contributed by atoms with E-state index in [1.54, 1.807) is 0 Å². The number of aromatic hydroxyl groups is 2. The van der Waals surface area contributed by atoms with Gasteiger partial charge in [0.1, 0.15) is 0 Å². The van der Waals surface area contributed by atoms with Crippen LogP contribution in [0.15, 0.2) is 36.4 Å². The maximum absolute atomic E-state index is 12.0. The summed E-state index contributed by atoms with van der Waals surface area (Å²) in [7, 11) is 1.33. The van der Waals surface area contributed by atoms with Crippen LogP contribution >= 0.6 is 0 Å². The molecule has 0 aliphatic carbocycles. The van der Waals surface area contributed by atoms with Crippen molar-refractivity contribution in [2.45, 2.75) is 0 Å². The topological polar surface area (TPSA) is 113 Å². The number of rotatable bonds is 4. The van der Waals surface area contributed by atoms with E-state index in [1.807, 2.05) is 0 Å². The molecule has 0 atom stereocenters. The van der Waals surface area contributed by atoms with Crippen LogP contribution in [0.3, 0.4) is 0 Å². The molecule has 0 fully saturated rings. The highest BCUT2D eigenvalue weighted by molar-refractivity contribution is 5.93. The quantitative estimate of drug-likeness (QED) is 0.585. The number of carbonyl (C=O) groups is 2. The van der Waals surface area contributed by atoms with E-state index in [1.165, 1.54) is 37.4 Å². The van der Waals surface area contributed by atoms with Crippen LogP contribution in [0.2, 0.25) is 0 Å². The number of hydrogen-bond donors (Lipinski definition) is 3. The highest BCUT2D eigenvalue weighted by Gasteiger charge is 2.15. The Kier molecular flexibility index (Phi) is 4.17. The molecule has 0 aromatic heterocycles. The first-order valence-electron chi connectivity index (χ1n) is 6.08. The summed E-state index contributed by atoms with van der Waals surface area (Å²) in [5.41, 5.74) is -0.0417. The number of carboxylic acids is 1. The van der Waals surface area contributed by atoms with Crippen LogP contribution in [0.1, 0.15) is 20.7 Å². The Balaban J connectivity index is 2.24. The lowest BCUT2D eigenvalue weighted by Gasteiger charge is -2.08. The van der Waals surface area contributed by atoms with Gasteiger partial charge in [-0.15, -0.1) is 0 Å². The van der Waals surface area contributed by atoms with Crippen molar-refractivity contribution in [3.63, 3.8) is 0 Å². The molecule has 0 heterocycles. The van der Waals surface area contributed by atoms with E-state index in [-0.39, 0.29) is 28.4 Å². The first kappa shape index (κ1) is 15.2. The number of phenolic OH excluding ortho intramolecular Hbond substituents is 2. The Bertz CT molecular complexity index is 737. The van der Waals surface area contributed by atoms with Crippen molar-refractivity contribution in [3.05, 3.63) is 47.5 Å². The van der Waals surface area contributed by atoms with Gasteiger partial charge < -0.3 is 24.8 Å². The zero-order valence-corrected chi connectivity index (χ0v) is 11.4. The third-order valence-corrected chi connectivity index (χ3v) is 2.82. The summed E-state index contributed by atoms with van der Waals surface area (Å²) in [6.45, 7) is 0. The Labute approximate surface area is 125 Å². The number of carboxylic acid groups (broad SMARTS) is 1. The largest absolute Gasteiger partial charge is 0.504 e. The summed E-state index contributed by atoms with van der Waals surface area (Å²) < 4.78 is 9.87. The zero-order chi connectivity index (χ0) is 16.3. The molecule has 0 amide bonds. The van der Waals surface area contributed by atoms with Crippen LogP contribution in [0.4, 0.5) is 0 Å². The van der Waals surface area contributed by atoms with E-state index < -0.39 is 17.7 Å². The number of aromatic carboxylic acids is 1. The molecule has 0 saturated carbocycles. The fourth-order valence-corrected chi connectivity index (χ4v) is 1.70. The zero-order valence-electron chi connectivity index (χ0n) is 11.4. The number of esters is 1. The molecular formula is C15H12O7. The average Bonchev–Trinajstić information content (AvgIpc) is 2.49. The molecule has 22 heavy (non-hydrogen) atoms. The molecular weight excluding hydrogens is 292 g/mol. The van der Waals surface area contributed by atoms with Gasteiger partial charge in [-0.05, 0) is 36.4 Å². The highest BCUT2D eigenvalue weighted by Crippen LogP contribution is 2.30. The second-order valence-corrected chi connectivity index (χ2v) is 4.26. The molecule has 0 spiro atoms. The van der Waals surface area contributed by atoms with Gasteiger partial charge in [0.05, 0.1) is 18.2 Å². The normalized spacial score (nSPS) is 10.0. The number of carbonyl (C=O) groups excluding carboxylic acids is 1. The Morgan fingerprint density at radius 2 is 1.59 bits per heavy atom. The fraction of sp³-hybridized carbons (Fsp3) is 0.0667.